The second kappa shape index (κ2) is 3.52. The molecule has 1 heterocycles. The number of fused-ring (bicyclic) bond motifs is 2. The lowest BCUT2D eigenvalue weighted by atomic mass is 9.85. The molecule has 0 aromatic heterocycles. The standard InChI is InChI=1S/C12H12N2.ClH/c13-6-9-2-1-3-10-7-14-8-12(4-5-12)11(9)10;/h1-3,14H,4-5,7-8H2;1H. The molecule has 1 N–H and O–H groups in total. The van der Waals surface area contributed by atoms with Crippen LogP contribution in [-0.2, 0) is 12.0 Å². The van der Waals surface area contributed by atoms with Gasteiger partial charge in [-0.25, -0.2) is 0 Å². The van der Waals surface area contributed by atoms with Crippen molar-refractivity contribution in [2.45, 2.75) is 24.8 Å². The third kappa shape index (κ3) is 1.43. The van der Waals surface area contributed by atoms with Gasteiger partial charge in [0.2, 0.25) is 0 Å². The zero-order valence-electron chi connectivity index (χ0n) is 8.42. The molecule has 15 heavy (non-hydrogen) atoms. The molecule has 3 rings (SSSR count). The Bertz CT molecular complexity index is 430. The molecule has 0 bridgehead atoms. The van der Waals surface area contributed by atoms with E-state index in [2.05, 4.69) is 17.5 Å². The predicted molar refractivity (Wildman–Crippen MR) is 61.0 cm³/mol. The highest BCUT2D eigenvalue weighted by Gasteiger charge is 2.48. The lowest BCUT2D eigenvalue weighted by Gasteiger charge is -2.27. The molecule has 78 valence electrons. The average Bonchev–Trinajstić information content (AvgIpc) is 2.98. The van der Waals surface area contributed by atoms with E-state index in [-0.39, 0.29) is 12.4 Å². The van der Waals surface area contributed by atoms with Gasteiger partial charge in [-0.05, 0) is 30.0 Å². The minimum absolute atomic E-state index is 0. The minimum atomic E-state index is 0. The number of benzene rings is 1. The number of rotatable bonds is 0. The fourth-order valence-electron chi connectivity index (χ4n) is 2.57. The first-order valence-corrected chi connectivity index (χ1v) is 5.09. The molecule has 1 aliphatic heterocycles. The maximum atomic E-state index is 9.08. The maximum Gasteiger partial charge on any atom is 0.0994 e. The van der Waals surface area contributed by atoms with Gasteiger partial charge in [0.25, 0.3) is 0 Å². The van der Waals surface area contributed by atoms with Crippen LogP contribution in [0.3, 0.4) is 0 Å². The van der Waals surface area contributed by atoms with Gasteiger partial charge in [0.1, 0.15) is 0 Å². The van der Waals surface area contributed by atoms with Crippen LogP contribution < -0.4 is 5.32 Å². The molecule has 0 amide bonds. The van der Waals surface area contributed by atoms with Crippen LogP contribution in [-0.4, -0.2) is 6.54 Å². The Morgan fingerprint density at radius 3 is 2.80 bits per heavy atom. The Hall–Kier alpha value is -1.04. The van der Waals surface area contributed by atoms with E-state index in [1.54, 1.807) is 0 Å². The Balaban J connectivity index is 0.000000853. The Morgan fingerprint density at radius 2 is 2.13 bits per heavy atom. The monoisotopic (exact) mass is 220 g/mol. The number of nitrogens with zero attached hydrogens (tertiary/aromatic N) is 1. The number of nitriles is 1. The van der Waals surface area contributed by atoms with Gasteiger partial charge < -0.3 is 5.32 Å². The van der Waals surface area contributed by atoms with Gasteiger partial charge in [-0.15, -0.1) is 12.4 Å². The van der Waals surface area contributed by atoms with Crippen LogP contribution in [0.15, 0.2) is 18.2 Å². The summed E-state index contributed by atoms with van der Waals surface area (Å²) < 4.78 is 0. The Labute approximate surface area is 95.7 Å². The summed E-state index contributed by atoms with van der Waals surface area (Å²) in [7, 11) is 0. The first-order chi connectivity index (χ1) is 6.86. The molecule has 1 fully saturated rings. The van der Waals surface area contributed by atoms with Crippen molar-refractivity contribution in [3.63, 3.8) is 0 Å². The van der Waals surface area contributed by atoms with Gasteiger partial charge in [0, 0.05) is 18.5 Å². The summed E-state index contributed by atoms with van der Waals surface area (Å²) in [5.74, 6) is 0. The average molecular weight is 221 g/mol. The van der Waals surface area contributed by atoms with E-state index in [0.29, 0.717) is 5.41 Å². The fourth-order valence-corrected chi connectivity index (χ4v) is 2.57. The van der Waals surface area contributed by atoms with Crippen molar-refractivity contribution in [1.82, 2.24) is 5.32 Å². The summed E-state index contributed by atoms with van der Waals surface area (Å²) in [6, 6.07) is 8.40. The van der Waals surface area contributed by atoms with Crippen LogP contribution >= 0.6 is 12.4 Å². The van der Waals surface area contributed by atoms with E-state index in [1.807, 2.05) is 12.1 Å². The molecule has 0 radical (unpaired) electrons. The summed E-state index contributed by atoms with van der Waals surface area (Å²) in [6.07, 6.45) is 2.48. The molecule has 1 aromatic carbocycles. The molecule has 1 aromatic rings. The number of hydrogen-bond acceptors (Lipinski definition) is 2. The zero-order chi connectivity index (χ0) is 9.60. The minimum Gasteiger partial charge on any atom is -0.312 e. The van der Waals surface area contributed by atoms with Crippen LogP contribution in [0.25, 0.3) is 0 Å². The number of nitrogens with one attached hydrogen (secondary N) is 1. The second-order valence-electron chi connectivity index (χ2n) is 4.34. The molecule has 2 aliphatic rings. The van der Waals surface area contributed by atoms with Crippen LogP contribution in [0, 0.1) is 11.3 Å². The summed E-state index contributed by atoms with van der Waals surface area (Å²) in [4.78, 5) is 0. The third-order valence-electron chi connectivity index (χ3n) is 3.43. The highest BCUT2D eigenvalue weighted by molar-refractivity contribution is 5.85. The highest BCUT2D eigenvalue weighted by Crippen LogP contribution is 2.51. The van der Waals surface area contributed by atoms with Crippen molar-refractivity contribution in [1.29, 1.82) is 5.26 Å². The van der Waals surface area contributed by atoms with Gasteiger partial charge in [-0.3, -0.25) is 0 Å². The highest BCUT2D eigenvalue weighted by atomic mass is 35.5. The maximum absolute atomic E-state index is 9.08. The van der Waals surface area contributed by atoms with E-state index < -0.39 is 0 Å². The van der Waals surface area contributed by atoms with Crippen molar-refractivity contribution in [3.05, 3.63) is 34.9 Å². The lowest BCUT2D eigenvalue weighted by molar-refractivity contribution is 0.530. The largest absolute Gasteiger partial charge is 0.312 e. The molecule has 0 unspecified atom stereocenters. The molecule has 2 nitrogen and oxygen atoms in total. The van der Waals surface area contributed by atoms with Crippen LogP contribution in [0.4, 0.5) is 0 Å². The van der Waals surface area contributed by atoms with Crippen molar-refractivity contribution in [2.24, 2.45) is 0 Å². The van der Waals surface area contributed by atoms with Gasteiger partial charge in [-0.2, -0.15) is 5.26 Å². The molecule has 0 saturated heterocycles. The summed E-state index contributed by atoms with van der Waals surface area (Å²) in [6.45, 7) is 1.98. The smallest absolute Gasteiger partial charge is 0.0994 e. The first-order valence-electron chi connectivity index (χ1n) is 5.09. The number of halogens is 1. The molecule has 1 spiro atoms. The zero-order valence-corrected chi connectivity index (χ0v) is 9.23. The van der Waals surface area contributed by atoms with E-state index in [9.17, 15) is 0 Å². The lowest BCUT2D eigenvalue weighted by Crippen LogP contribution is -2.34. The molecule has 1 aliphatic carbocycles. The first kappa shape index (κ1) is 10.5. The molecule has 0 atom stereocenters. The fraction of sp³-hybridized carbons (Fsp3) is 0.417. The number of hydrogen-bond donors (Lipinski definition) is 1. The van der Waals surface area contributed by atoms with Gasteiger partial charge in [-0.1, -0.05) is 12.1 Å². The summed E-state index contributed by atoms with van der Waals surface area (Å²) in [5, 5.41) is 12.5. The van der Waals surface area contributed by atoms with E-state index in [1.165, 1.54) is 24.0 Å². The summed E-state index contributed by atoms with van der Waals surface area (Å²) >= 11 is 0. The molecule has 1 saturated carbocycles. The molecular weight excluding hydrogens is 208 g/mol. The second-order valence-corrected chi connectivity index (χ2v) is 4.34. The van der Waals surface area contributed by atoms with E-state index in [0.717, 1.165) is 18.7 Å². The van der Waals surface area contributed by atoms with Crippen LogP contribution in [0.1, 0.15) is 29.5 Å². The summed E-state index contributed by atoms with van der Waals surface area (Å²) in [5.41, 5.74) is 3.87. The van der Waals surface area contributed by atoms with Crippen molar-refractivity contribution < 1.29 is 0 Å². The predicted octanol–water partition coefficient (Wildman–Crippen LogP) is 2.11. The van der Waals surface area contributed by atoms with Crippen LogP contribution in [0.2, 0.25) is 0 Å². The van der Waals surface area contributed by atoms with Crippen molar-refractivity contribution in [3.8, 4) is 6.07 Å². The quantitative estimate of drug-likeness (QED) is 0.727. The van der Waals surface area contributed by atoms with Crippen LogP contribution in [0.5, 0.6) is 0 Å². The molecule has 3 heteroatoms. The topological polar surface area (TPSA) is 35.8 Å². The molecular formula is C12H13ClN2. The Kier molecular flexibility index (Phi) is 2.46. The van der Waals surface area contributed by atoms with Crippen molar-refractivity contribution in [2.75, 3.05) is 6.54 Å². The van der Waals surface area contributed by atoms with Gasteiger partial charge in [0.15, 0.2) is 0 Å². The van der Waals surface area contributed by atoms with Crippen molar-refractivity contribution >= 4 is 12.4 Å². The third-order valence-corrected chi connectivity index (χ3v) is 3.43. The van der Waals surface area contributed by atoms with Gasteiger partial charge >= 0.3 is 0 Å². The van der Waals surface area contributed by atoms with E-state index >= 15 is 0 Å². The normalized spacial score (nSPS) is 19.9. The Morgan fingerprint density at radius 1 is 1.33 bits per heavy atom. The van der Waals surface area contributed by atoms with Gasteiger partial charge in [0.05, 0.1) is 11.6 Å². The SMILES string of the molecule is Cl.N#Cc1cccc2c1C1(CC1)CNC2. The van der Waals surface area contributed by atoms with E-state index in [4.69, 9.17) is 5.26 Å².